The van der Waals surface area contributed by atoms with E-state index in [-0.39, 0.29) is 43.1 Å². The van der Waals surface area contributed by atoms with Gasteiger partial charge in [0.15, 0.2) is 0 Å². The van der Waals surface area contributed by atoms with E-state index in [1.165, 1.54) is 12.1 Å². The Kier molecular flexibility index (Phi) is 11.2. The van der Waals surface area contributed by atoms with Crippen molar-refractivity contribution in [2.24, 2.45) is 0 Å². The molecule has 1 saturated heterocycles. The zero-order chi connectivity index (χ0) is 23.3. The summed E-state index contributed by atoms with van der Waals surface area (Å²) in [5.74, 6) is -0.549. The minimum atomic E-state index is -4.54. The van der Waals surface area contributed by atoms with Gasteiger partial charge in [0.25, 0.3) is 0 Å². The van der Waals surface area contributed by atoms with Crippen LogP contribution in [0, 0.1) is 0 Å². The second-order valence-corrected chi connectivity index (χ2v) is 9.30. The molecule has 1 saturated carbocycles. The fourth-order valence-electron chi connectivity index (χ4n) is 5.10. The first-order valence-corrected chi connectivity index (χ1v) is 11.9. The van der Waals surface area contributed by atoms with Gasteiger partial charge in [0.1, 0.15) is 12.4 Å². The number of nitrogens with zero attached hydrogens (tertiary/aromatic N) is 1. The van der Waals surface area contributed by atoms with Crippen LogP contribution in [-0.4, -0.2) is 48.3 Å². The highest BCUT2D eigenvalue weighted by Crippen LogP contribution is 2.44. The van der Waals surface area contributed by atoms with Crippen LogP contribution in [0.3, 0.4) is 0 Å². The Bertz CT molecular complexity index is 903. The van der Waals surface area contributed by atoms with E-state index in [1.54, 1.807) is 6.07 Å². The highest BCUT2D eigenvalue weighted by atomic mass is 35.5. The maximum atomic E-state index is 14.1. The van der Waals surface area contributed by atoms with E-state index < -0.39 is 17.3 Å². The first-order chi connectivity index (χ1) is 15.9. The van der Waals surface area contributed by atoms with Crippen LogP contribution < -0.4 is 10.1 Å². The number of rotatable bonds is 7. The molecule has 1 unspecified atom stereocenters. The van der Waals surface area contributed by atoms with Crippen molar-refractivity contribution in [3.8, 4) is 5.75 Å². The zero-order valence-electron chi connectivity index (χ0n) is 19.7. The minimum Gasteiger partial charge on any atom is -0.488 e. The van der Waals surface area contributed by atoms with Crippen molar-refractivity contribution in [3.05, 3.63) is 65.2 Å². The highest BCUT2D eigenvalue weighted by Gasteiger charge is 2.42. The van der Waals surface area contributed by atoms with Gasteiger partial charge in [-0.3, -0.25) is 0 Å². The van der Waals surface area contributed by atoms with Gasteiger partial charge in [-0.15, -0.1) is 24.8 Å². The van der Waals surface area contributed by atoms with Gasteiger partial charge in [-0.25, -0.2) is 0 Å². The van der Waals surface area contributed by atoms with Crippen molar-refractivity contribution in [2.45, 2.75) is 56.4 Å². The summed E-state index contributed by atoms with van der Waals surface area (Å²) in [5, 5.41) is 14.9. The smallest absolute Gasteiger partial charge is 0.419 e. The van der Waals surface area contributed by atoms with Crippen LogP contribution in [0.1, 0.15) is 54.7 Å². The van der Waals surface area contributed by atoms with Crippen LogP contribution in [0.5, 0.6) is 5.75 Å². The number of nitrogens with one attached hydrogen (secondary N) is 1. The quantitative estimate of drug-likeness (QED) is 0.470. The summed E-state index contributed by atoms with van der Waals surface area (Å²) >= 11 is 0. The average molecular weight is 535 g/mol. The summed E-state index contributed by atoms with van der Waals surface area (Å²) in [5.41, 5.74) is -0.418. The summed E-state index contributed by atoms with van der Waals surface area (Å²) in [6, 6.07) is 13.5. The Balaban J connectivity index is 0.00000216. The molecule has 2 N–H and O–H groups in total. The van der Waals surface area contributed by atoms with Crippen molar-refractivity contribution in [3.63, 3.8) is 0 Å². The summed E-state index contributed by atoms with van der Waals surface area (Å²) in [7, 11) is 0. The largest absolute Gasteiger partial charge is 0.488 e. The normalized spacial score (nSPS) is 19.2. The average Bonchev–Trinajstić information content (AvgIpc) is 2.82. The lowest BCUT2D eigenvalue weighted by Crippen LogP contribution is -2.49. The summed E-state index contributed by atoms with van der Waals surface area (Å²) in [6.07, 6.45) is -0.438. The summed E-state index contributed by atoms with van der Waals surface area (Å²) in [6.45, 7) is 3.99. The fraction of sp³-hybridized carbons (Fsp3) is 0.538. The monoisotopic (exact) mass is 534 g/mol. The standard InChI is InChI=1S/C26H33F3N2O2.2ClH/c27-26(28,29)22-17-21(9-10-24(22)33-19-20-7-3-1-4-8-20)23(18-31-15-13-30-14-16-31)25(32)11-5-2-6-12-25;;/h1,3-4,7-10,17,23,30,32H,2,5-6,11-16,18-19H2;2*1H. The molecule has 0 amide bonds. The number of piperazine rings is 1. The van der Waals surface area contributed by atoms with Crippen LogP contribution in [0.2, 0.25) is 0 Å². The Morgan fingerprint density at radius 1 is 0.971 bits per heavy atom. The van der Waals surface area contributed by atoms with Gasteiger partial charge in [0, 0.05) is 38.6 Å². The molecule has 0 radical (unpaired) electrons. The minimum absolute atomic E-state index is 0. The van der Waals surface area contributed by atoms with Crippen LogP contribution >= 0.6 is 24.8 Å². The van der Waals surface area contributed by atoms with Crippen molar-refractivity contribution >= 4 is 24.8 Å². The first kappa shape index (κ1) is 29.7. The molecule has 4 nitrogen and oxygen atoms in total. The van der Waals surface area contributed by atoms with Gasteiger partial charge in [0.05, 0.1) is 11.2 Å². The number of hydrogen-bond acceptors (Lipinski definition) is 4. The molecule has 196 valence electrons. The van der Waals surface area contributed by atoms with E-state index in [0.29, 0.717) is 24.9 Å². The summed E-state index contributed by atoms with van der Waals surface area (Å²) in [4.78, 5) is 2.25. The molecule has 2 aromatic carbocycles. The molecule has 1 aliphatic heterocycles. The Labute approximate surface area is 218 Å². The molecule has 0 bridgehead atoms. The van der Waals surface area contributed by atoms with E-state index in [4.69, 9.17) is 4.74 Å². The molecule has 1 atom stereocenters. The Hall–Kier alpha value is -1.51. The number of alkyl halides is 3. The number of aliphatic hydroxyl groups is 1. The van der Waals surface area contributed by atoms with Gasteiger partial charge in [-0.1, -0.05) is 55.7 Å². The first-order valence-electron chi connectivity index (χ1n) is 11.9. The van der Waals surface area contributed by atoms with E-state index in [0.717, 1.165) is 51.0 Å². The predicted molar refractivity (Wildman–Crippen MR) is 137 cm³/mol. The molecule has 0 spiro atoms. The molecule has 1 aliphatic carbocycles. The second kappa shape index (κ2) is 13.2. The second-order valence-electron chi connectivity index (χ2n) is 9.30. The predicted octanol–water partition coefficient (Wildman–Crippen LogP) is 5.81. The lowest BCUT2D eigenvalue weighted by Gasteiger charge is -2.42. The maximum absolute atomic E-state index is 14.1. The van der Waals surface area contributed by atoms with Gasteiger partial charge in [-0.05, 0) is 36.1 Å². The van der Waals surface area contributed by atoms with Crippen LogP contribution in [-0.2, 0) is 12.8 Å². The fourth-order valence-corrected chi connectivity index (χ4v) is 5.10. The van der Waals surface area contributed by atoms with Crippen molar-refractivity contribution < 1.29 is 23.0 Å². The van der Waals surface area contributed by atoms with Gasteiger partial charge in [0.2, 0.25) is 0 Å². The maximum Gasteiger partial charge on any atom is 0.419 e. The Morgan fingerprint density at radius 2 is 1.63 bits per heavy atom. The van der Waals surface area contributed by atoms with Crippen molar-refractivity contribution in [1.82, 2.24) is 10.2 Å². The molecular formula is C26H35Cl2F3N2O2. The molecule has 0 aromatic heterocycles. The summed E-state index contributed by atoms with van der Waals surface area (Å²) < 4.78 is 47.8. The lowest BCUT2D eigenvalue weighted by molar-refractivity contribution is -0.139. The molecule has 2 fully saturated rings. The van der Waals surface area contributed by atoms with Gasteiger partial charge >= 0.3 is 6.18 Å². The molecule has 2 aliphatic rings. The van der Waals surface area contributed by atoms with Crippen LogP contribution in [0.15, 0.2) is 48.5 Å². The molecular weight excluding hydrogens is 500 g/mol. The third kappa shape index (κ3) is 7.73. The Morgan fingerprint density at radius 3 is 2.26 bits per heavy atom. The van der Waals surface area contributed by atoms with E-state index >= 15 is 0 Å². The van der Waals surface area contributed by atoms with Crippen LogP contribution in [0.4, 0.5) is 13.2 Å². The highest BCUT2D eigenvalue weighted by molar-refractivity contribution is 5.85. The molecule has 9 heteroatoms. The SMILES string of the molecule is Cl.Cl.OC1(C(CN2CCNCC2)c2ccc(OCc3ccccc3)c(C(F)(F)F)c2)CCCCC1. The molecule has 4 rings (SSSR count). The van der Waals surface area contributed by atoms with Gasteiger partial charge < -0.3 is 20.1 Å². The van der Waals surface area contributed by atoms with Gasteiger partial charge in [-0.2, -0.15) is 13.2 Å². The third-order valence-corrected chi connectivity index (χ3v) is 6.97. The topological polar surface area (TPSA) is 44.7 Å². The number of benzene rings is 2. The number of hydrogen-bond donors (Lipinski definition) is 2. The third-order valence-electron chi connectivity index (χ3n) is 6.97. The zero-order valence-corrected chi connectivity index (χ0v) is 21.4. The van der Waals surface area contributed by atoms with E-state index in [2.05, 4.69) is 10.2 Å². The lowest BCUT2D eigenvalue weighted by atomic mass is 9.72. The number of halogens is 5. The molecule has 35 heavy (non-hydrogen) atoms. The van der Waals surface area contributed by atoms with Crippen molar-refractivity contribution in [1.29, 1.82) is 0 Å². The molecule has 2 aromatic rings. The van der Waals surface area contributed by atoms with E-state index in [1.807, 2.05) is 30.3 Å². The van der Waals surface area contributed by atoms with E-state index in [9.17, 15) is 18.3 Å². The molecule has 1 heterocycles. The van der Waals surface area contributed by atoms with Crippen molar-refractivity contribution in [2.75, 3.05) is 32.7 Å². The van der Waals surface area contributed by atoms with Crippen LogP contribution in [0.25, 0.3) is 0 Å². The number of ether oxygens (including phenoxy) is 1.